The molecule has 2 rings (SSSR count). The van der Waals surface area contributed by atoms with E-state index in [1.807, 2.05) is 50.2 Å². The van der Waals surface area contributed by atoms with E-state index in [1.54, 1.807) is 18.0 Å². The molecule has 1 atom stereocenters. The summed E-state index contributed by atoms with van der Waals surface area (Å²) in [7, 11) is 5.60. The minimum Gasteiger partial charge on any atom is -0.364 e. The molecule has 1 aromatic heterocycles. The van der Waals surface area contributed by atoms with Crippen LogP contribution in [0.1, 0.15) is 22.9 Å². The highest BCUT2D eigenvalue weighted by atomic mass is 16.5. The quantitative estimate of drug-likeness (QED) is 0.846. The van der Waals surface area contributed by atoms with Crippen LogP contribution in [-0.2, 0) is 11.3 Å². The van der Waals surface area contributed by atoms with E-state index in [0.717, 1.165) is 16.8 Å². The summed E-state index contributed by atoms with van der Waals surface area (Å²) in [5.41, 5.74) is 2.89. The van der Waals surface area contributed by atoms with Gasteiger partial charge < -0.3 is 9.42 Å². The highest BCUT2D eigenvalue weighted by Gasteiger charge is 2.26. The maximum absolute atomic E-state index is 12.7. The summed E-state index contributed by atoms with van der Waals surface area (Å²) in [6.07, 6.45) is 1.51. The summed E-state index contributed by atoms with van der Waals surface area (Å²) in [5.74, 6) is 0.0357. The molecule has 0 aliphatic rings. The molecule has 0 N–H and O–H groups in total. The molecule has 5 nitrogen and oxygen atoms in total. The third-order valence-corrected chi connectivity index (χ3v) is 3.37. The van der Waals surface area contributed by atoms with E-state index in [2.05, 4.69) is 5.16 Å². The van der Waals surface area contributed by atoms with Crippen molar-refractivity contribution in [1.82, 2.24) is 15.0 Å². The Kier molecular flexibility index (Phi) is 4.75. The number of hydrogen-bond acceptors (Lipinski definition) is 4. The first-order valence-electron chi connectivity index (χ1n) is 6.86. The number of nitrogens with zero attached hydrogens (tertiary/aromatic N) is 3. The van der Waals surface area contributed by atoms with Crippen molar-refractivity contribution in [2.75, 3.05) is 21.1 Å². The van der Waals surface area contributed by atoms with Crippen LogP contribution in [0, 0.1) is 6.92 Å². The van der Waals surface area contributed by atoms with Crippen LogP contribution >= 0.6 is 0 Å². The summed E-state index contributed by atoms with van der Waals surface area (Å²) in [4.78, 5) is 16.3. The third kappa shape index (κ3) is 3.70. The first kappa shape index (κ1) is 15.3. The fourth-order valence-corrected chi connectivity index (χ4v) is 2.35. The smallest absolute Gasteiger partial charge is 0.244 e. The van der Waals surface area contributed by atoms with Crippen molar-refractivity contribution in [3.8, 4) is 0 Å². The largest absolute Gasteiger partial charge is 0.364 e. The van der Waals surface area contributed by atoms with Crippen molar-refractivity contribution < 1.29 is 9.32 Å². The lowest BCUT2D eigenvalue weighted by Gasteiger charge is -2.28. The van der Waals surface area contributed by atoms with Gasteiger partial charge >= 0.3 is 0 Å². The van der Waals surface area contributed by atoms with Crippen molar-refractivity contribution in [2.45, 2.75) is 19.5 Å². The molecule has 0 fully saturated rings. The third-order valence-electron chi connectivity index (χ3n) is 3.37. The predicted octanol–water partition coefficient (Wildman–Crippen LogP) is 2.24. The van der Waals surface area contributed by atoms with Gasteiger partial charge in [0.25, 0.3) is 0 Å². The second kappa shape index (κ2) is 6.54. The van der Waals surface area contributed by atoms with Gasteiger partial charge in [-0.2, -0.15) is 0 Å². The summed E-state index contributed by atoms with van der Waals surface area (Å²) in [6, 6.07) is 9.50. The van der Waals surface area contributed by atoms with Crippen LogP contribution in [0.2, 0.25) is 0 Å². The van der Waals surface area contributed by atoms with Crippen molar-refractivity contribution >= 4 is 5.91 Å². The van der Waals surface area contributed by atoms with Gasteiger partial charge in [-0.15, -0.1) is 0 Å². The van der Waals surface area contributed by atoms with Gasteiger partial charge in [0.05, 0.1) is 6.54 Å². The van der Waals surface area contributed by atoms with E-state index >= 15 is 0 Å². The Morgan fingerprint density at radius 2 is 2.05 bits per heavy atom. The van der Waals surface area contributed by atoms with Crippen molar-refractivity contribution in [2.24, 2.45) is 0 Å². The SMILES string of the molecule is Cc1cccc(C(C(=O)N(C)Cc2ccon2)N(C)C)c1. The van der Waals surface area contributed by atoms with E-state index in [0.29, 0.717) is 6.54 Å². The first-order chi connectivity index (χ1) is 9.99. The second-order valence-corrected chi connectivity index (χ2v) is 5.47. The van der Waals surface area contributed by atoms with E-state index < -0.39 is 0 Å². The maximum atomic E-state index is 12.7. The molecule has 1 amide bonds. The molecular formula is C16H21N3O2. The van der Waals surface area contributed by atoms with Gasteiger partial charge in [0.15, 0.2) is 0 Å². The Balaban J connectivity index is 2.19. The van der Waals surface area contributed by atoms with E-state index in [9.17, 15) is 4.79 Å². The molecule has 0 bridgehead atoms. The van der Waals surface area contributed by atoms with Crippen molar-refractivity contribution in [1.29, 1.82) is 0 Å². The average molecular weight is 287 g/mol. The molecule has 0 saturated heterocycles. The van der Waals surface area contributed by atoms with E-state index in [-0.39, 0.29) is 11.9 Å². The lowest BCUT2D eigenvalue weighted by atomic mass is 10.0. The van der Waals surface area contributed by atoms with E-state index in [1.165, 1.54) is 6.26 Å². The second-order valence-electron chi connectivity index (χ2n) is 5.47. The van der Waals surface area contributed by atoms with Crippen LogP contribution in [0.15, 0.2) is 41.1 Å². The Morgan fingerprint density at radius 1 is 1.29 bits per heavy atom. The number of carbonyl (C=O) groups excluding carboxylic acids is 1. The standard InChI is InChI=1S/C16H21N3O2/c1-12-6-5-7-13(10-12)15(18(2)3)16(20)19(4)11-14-8-9-21-17-14/h5-10,15H,11H2,1-4H3. The first-order valence-corrected chi connectivity index (χ1v) is 6.86. The van der Waals surface area contributed by atoms with Crippen LogP contribution in [0.3, 0.4) is 0 Å². The van der Waals surface area contributed by atoms with Crippen molar-refractivity contribution in [3.63, 3.8) is 0 Å². The molecule has 1 aromatic carbocycles. The van der Waals surface area contributed by atoms with Gasteiger partial charge in [0.2, 0.25) is 5.91 Å². The predicted molar refractivity (Wildman–Crippen MR) is 80.6 cm³/mol. The molecule has 0 saturated carbocycles. The number of likely N-dealkylation sites (N-methyl/N-ethyl adjacent to an activating group) is 2. The molecule has 0 aliphatic heterocycles. The van der Waals surface area contributed by atoms with Crippen LogP contribution in [0.25, 0.3) is 0 Å². The van der Waals surface area contributed by atoms with E-state index in [4.69, 9.17) is 4.52 Å². The molecule has 5 heteroatoms. The zero-order valence-corrected chi connectivity index (χ0v) is 12.9. The van der Waals surface area contributed by atoms with Gasteiger partial charge in [-0.05, 0) is 26.6 Å². The number of aromatic nitrogens is 1. The Labute approximate surface area is 125 Å². The van der Waals surface area contributed by atoms with Crippen molar-refractivity contribution in [3.05, 3.63) is 53.4 Å². The summed E-state index contributed by atoms with van der Waals surface area (Å²) >= 11 is 0. The van der Waals surface area contributed by atoms with Gasteiger partial charge in [0, 0.05) is 13.1 Å². The molecule has 0 radical (unpaired) electrons. The number of rotatable bonds is 5. The molecule has 0 spiro atoms. The Bertz CT molecular complexity index is 593. The van der Waals surface area contributed by atoms with Gasteiger partial charge in [-0.25, -0.2) is 0 Å². The molecule has 112 valence electrons. The number of hydrogen-bond donors (Lipinski definition) is 0. The number of carbonyl (C=O) groups is 1. The lowest BCUT2D eigenvalue weighted by molar-refractivity contribution is -0.135. The fraction of sp³-hybridized carbons (Fsp3) is 0.375. The van der Waals surface area contributed by atoms with Crippen LogP contribution < -0.4 is 0 Å². The molecule has 1 heterocycles. The Morgan fingerprint density at radius 3 is 2.62 bits per heavy atom. The van der Waals surface area contributed by atoms with Gasteiger partial charge in [-0.3, -0.25) is 9.69 Å². The Hall–Kier alpha value is -2.14. The average Bonchev–Trinajstić information content (AvgIpc) is 2.91. The topological polar surface area (TPSA) is 49.6 Å². The summed E-state index contributed by atoms with van der Waals surface area (Å²) in [6.45, 7) is 2.46. The summed E-state index contributed by atoms with van der Waals surface area (Å²) < 4.78 is 4.81. The maximum Gasteiger partial charge on any atom is 0.244 e. The van der Waals surface area contributed by atoms with Gasteiger partial charge in [-0.1, -0.05) is 35.0 Å². The molecular weight excluding hydrogens is 266 g/mol. The highest BCUT2D eigenvalue weighted by Crippen LogP contribution is 2.22. The van der Waals surface area contributed by atoms with Crippen LogP contribution in [-0.4, -0.2) is 42.0 Å². The number of aryl methyl sites for hydroxylation is 1. The zero-order chi connectivity index (χ0) is 15.4. The minimum atomic E-state index is -0.304. The normalized spacial score (nSPS) is 12.4. The summed E-state index contributed by atoms with van der Waals surface area (Å²) in [5, 5.41) is 3.85. The van der Waals surface area contributed by atoms with Crippen LogP contribution in [0.4, 0.5) is 0 Å². The lowest BCUT2D eigenvalue weighted by Crippen LogP contribution is -2.38. The number of amides is 1. The zero-order valence-electron chi connectivity index (χ0n) is 12.9. The molecule has 1 unspecified atom stereocenters. The minimum absolute atomic E-state index is 0.0357. The monoisotopic (exact) mass is 287 g/mol. The van der Waals surface area contributed by atoms with Crippen LogP contribution in [0.5, 0.6) is 0 Å². The number of benzene rings is 1. The molecule has 2 aromatic rings. The van der Waals surface area contributed by atoms with Gasteiger partial charge in [0.1, 0.15) is 18.0 Å². The highest BCUT2D eigenvalue weighted by molar-refractivity contribution is 5.83. The molecule has 0 aliphatic carbocycles. The molecule has 21 heavy (non-hydrogen) atoms. The fourth-order valence-electron chi connectivity index (χ4n) is 2.35.